The van der Waals surface area contributed by atoms with Crippen molar-refractivity contribution < 1.29 is 4.74 Å². The summed E-state index contributed by atoms with van der Waals surface area (Å²) < 4.78 is 5.27. The first-order valence-electron chi connectivity index (χ1n) is 5.61. The lowest BCUT2D eigenvalue weighted by atomic mass is 10.0. The first kappa shape index (κ1) is 11.6. The van der Waals surface area contributed by atoms with E-state index in [1.807, 2.05) is 6.07 Å². The highest BCUT2D eigenvalue weighted by molar-refractivity contribution is 5.38. The van der Waals surface area contributed by atoms with Gasteiger partial charge in [0.2, 0.25) is 0 Å². The Hall–Kier alpha value is -1.87. The number of hydrogen-bond acceptors (Lipinski definition) is 5. The molecule has 0 aromatic carbocycles. The van der Waals surface area contributed by atoms with Gasteiger partial charge < -0.3 is 10.1 Å². The van der Waals surface area contributed by atoms with Gasteiger partial charge in [0.05, 0.1) is 0 Å². The highest BCUT2D eigenvalue weighted by Crippen LogP contribution is 2.15. The minimum atomic E-state index is -0.501. The summed E-state index contributed by atoms with van der Waals surface area (Å²) in [7, 11) is 0. The van der Waals surface area contributed by atoms with Crippen LogP contribution in [0.5, 0.6) is 0 Å². The molecule has 0 amide bonds. The van der Waals surface area contributed by atoms with Crippen molar-refractivity contribution in [1.82, 2.24) is 9.97 Å². The number of aromatic amines is 1. The van der Waals surface area contributed by atoms with Crippen LogP contribution in [0.4, 0.5) is 5.82 Å². The summed E-state index contributed by atoms with van der Waals surface area (Å²) in [6.07, 6.45) is 2.03. The largest absolute Gasteiger partial charge is 0.381 e. The van der Waals surface area contributed by atoms with Crippen molar-refractivity contribution in [3.05, 3.63) is 22.2 Å². The number of nitrogens with one attached hydrogen (secondary N) is 2. The van der Waals surface area contributed by atoms with E-state index in [-0.39, 0.29) is 5.69 Å². The Morgan fingerprint density at radius 1 is 1.59 bits per heavy atom. The molecule has 2 heterocycles. The van der Waals surface area contributed by atoms with E-state index < -0.39 is 5.69 Å². The van der Waals surface area contributed by atoms with Crippen LogP contribution in [0.2, 0.25) is 0 Å². The summed E-state index contributed by atoms with van der Waals surface area (Å²) in [4.78, 5) is 17.3. The number of nitrogens with zero attached hydrogens (tertiary/aromatic N) is 2. The molecule has 0 bridgehead atoms. The lowest BCUT2D eigenvalue weighted by molar-refractivity contribution is 0.0699. The molecule has 0 atom stereocenters. The fourth-order valence-corrected chi connectivity index (χ4v) is 1.81. The molecule has 1 aromatic rings. The molecule has 1 aliphatic rings. The average molecular weight is 234 g/mol. The molecule has 0 unspecified atom stereocenters. The van der Waals surface area contributed by atoms with E-state index in [0.717, 1.165) is 32.6 Å². The molecule has 0 radical (unpaired) electrons. The molecule has 1 aromatic heterocycles. The summed E-state index contributed by atoms with van der Waals surface area (Å²) in [5.74, 6) is 0.993. The van der Waals surface area contributed by atoms with Crippen LogP contribution in [0.1, 0.15) is 18.5 Å². The van der Waals surface area contributed by atoms with Gasteiger partial charge in [-0.1, -0.05) is 0 Å². The van der Waals surface area contributed by atoms with Crippen molar-refractivity contribution in [2.75, 3.05) is 25.1 Å². The average Bonchev–Trinajstić information content (AvgIpc) is 2.37. The second-order valence-electron chi connectivity index (χ2n) is 4.03. The van der Waals surface area contributed by atoms with E-state index in [4.69, 9.17) is 10.00 Å². The zero-order valence-electron chi connectivity index (χ0n) is 9.40. The third-order valence-electron chi connectivity index (χ3n) is 2.78. The summed E-state index contributed by atoms with van der Waals surface area (Å²) in [5.41, 5.74) is -0.280. The molecule has 0 spiro atoms. The SMILES string of the molecule is N#Cc1cc(NCC2CCOCC2)nc(=O)[nH]1. The first-order valence-corrected chi connectivity index (χ1v) is 5.61. The van der Waals surface area contributed by atoms with Gasteiger partial charge in [0, 0.05) is 25.8 Å². The number of ether oxygens (including phenoxy) is 1. The Morgan fingerprint density at radius 3 is 3.06 bits per heavy atom. The molecular weight excluding hydrogens is 220 g/mol. The van der Waals surface area contributed by atoms with Gasteiger partial charge in [0.1, 0.15) is 17.6 Å². The van der Waals surface area contributed by atoms with Gasteiger partial charge in [0.25, 0.3) is 0 Å². The Bertz CT molecular complexity index is 471. The van der Waals surface area contributed by atoms with E-state index in [1.165, 1.54) is 0 Å². The molecule has 17 heavy (non-hydrogen) atoms. The monoisotopic (exact) mass is 234 g/mol. The number of anilines is 1. The van der Waals surface area contributed by atoms with Gasteiger partial charge in [-0.05, 0) is 18.8 Å². The lowest BCUT2D eigenvalue weighted by Gasteiger charge is -2.22. The first-order chi connectivity index (χ1) is 8.28. The predicted octanol–water partition coefficient (Wildman–Crippen LogP) is 0.480. The molecule has 1 saturated heterocycles. The number of nitriles is 1. The zero-order valence-corrected chi connectivity index (χ0v) is 9.40. The number of hydrogen-bond donors (Lipinski definition) is 2. The lowest BCUT2D eigenvalue weighted by Crippen LogP contribution is -2.24. The van der Waals surface area contributed by atoms with Crippen LogP contribution in [0.3, 0.4) is 0 Å². The van der Waals surface area contributed by atoms with Crippen LogP contribution in [-0.2, 0) is 4.74 Å². The second kappa shape index (κ2) is 5.46. The van der Waals surface area contributed by atoms with Crippen molar-refractivity contribution >= 4 is 5.82 Å². The summed E-state index contributed by atoms with van der Waals surface area (Å²) in [6.45, 7) is 2.34. The molecule has 1 fully saturated rings. The van der Waals surface area contributed by atoms with Crippen molar-refractivity contribution in [2.24, 2.45) is 5.92 Å². The fourth-order valence-electron chi connectivity index (χ4n) is 1.81. The van der Waals surface area contributed by atoms with Crippen LogP contribution in [0.25, 0.3) is 0 Å². The van der Waals surface area contributed by atoms with Crippen LogP contribution in [-0.4, -0.2) is 29.7 Å². The van der Waals surface area contributed by atoms with Gasteiger partial charge in [-0.2, -0.15) is 10.2 Å². The Kier molecular flexibility index (Phi) is 3.73. The van der Waals surface area contributed by atoms with Crippen molar-refractivity contribution in [1.29, 1.82) is 5.26 Å². The van der Waals surface area contributed by atoms with Gasteiger partial charge in [0.15, 0.2) is 0 Å². The Morgan fingerprint density at radius 2 is 2.35 bits per heavy atom. The minimum absolute atomic E-state index is 0.222. The second-order valence-corrected chi connectivity index (χ2v) is 4.03. The molecule has 0 aliphatic carbocycles. The molecule has 2 rings (SSSR count). The van der Waals surface area contributed by atoms with Crippen LogP contribution < -0.4 is 11.0 Å². The topological polar surface area (TPSA) is 90.8 Å². The summed E-state index contributed by atoms with van der Waals surface area (Å²) in [5, 5.41) is 11.8. The Labute approximate surface area is 98.6 Å². The van der Waals surface area contributed by atoms with E-state index in [0.29, 0.717) is 11.7 Å². The Balaban J connectivity index is 1.96. The van der Waals surface area contributed by atoms with E-state index in [9.17, 15) is 4.79 Å². The van der Waals surface area contributed by atoms with Gasteiger partial charge >= 0.3 is 5.69 Å². The van der Waals surface area contributed by atoms with Crippen molar-refractivity contribution in [2.45, 2.75) is 12.8 Å². The van der Waals surface area contributed by atoms with E-state index >= 15 is 0 Å². The van der Waals surface area contributed by atoms with E-state index in [1.54, 1.807) is 6.07 Å². The molecule has 6 heteroatoms. The quantitative estimate of drug-likeness (QED) is 0.793. The van der Waals surface area contributed by atoms with Crippen LogP contribution in [0.15, 0.2) is 10.9 Å². The standard InChI is InChI=1S/C11H14N4O2/c12-6-9-5-10(15-11(16)14-9)13-7-8-1-3-17-4-2-8/h5,8H,1-4,7H2,(H2,13,14,15,16). The van der Waals surface area contributed by atoms with Crippen LogP contribution in [0, 0.1) is 17.2 Å². The maximum Gasteiger partial charge on any atom is 0.347 e. The maximum absolute atomic E-state index is 11.1. The van der Waals surface area contributed by atoms with Gasteiger partial charge in [-0.15, -0.1) is 0 Å². The molecular formula is C11H14N4O2. The van der Waals surface area contributed by atoms with Crippen LogP contribution >= 0.6 is 0 Å². The molecule has 0 saturated carbocycles. The number of aromatic nitrogens is 2. The predicted molar refractivity (Wildman–Crippen MR) is 61.6 cm³/mol. The molecule has 90 valence electrons. The third kappa shape index (κ3) is 3.29. The van der Waals surface area contributed by atoms with E-state index in [2.05, 4.69) is 15.3 Å². The number of rotatable bonds is 3. The maximum atomic E-state index is 11.1. The van der Waals surface area contributed by atoms with Crippen molar-refractivity contribution in [3.8, 4) is 6.07 Å². The third-order valence-corrected chi connectivity index (χ3v) is 2.78. The zero-order chi connectivity index (χ0) is 12.1. The highest BCUT2D eigenvalue weighted by Gasteiger charge is 2.13. The van der Waals surface area contributed by atoms with Crippen molar-refractivity contribution in [3.63, 3.8) is 0 Å². The van der Waals surface area contributed by atoms with Gasteiger partial charge in [-0.3, -0.25) is 4.98 Å². The van der Waals surface area contributed by atoms with Gasteiger partial charge in [-0.25, -0.2) is 4.79 Å². The summed E-state index contributed by atoms with van der Waals surface area (Å²) in [6, 6.07) is 3.43. The molecule has 2 N–H and O–H groups in total. The summed E-state index contributed by atoms with van der Waals surface area (Å²) >= 11 is 0. The molecule has 1 aliphatic heterocycles. The normalized spacial score (nSPS) is 16.4. The minimum Gasteiger partial charge on any atom is -0.381 e. The smallest absolute Gasteiger partial charge is 0.347 e. The fraction of sp³-hybridized carbons (Fsp3) is 0.545. The molecule has 6 nitrogen and oxygen atoms in total. The number of H-pyrrole nitrogens is 1. The highest BCUT2D eigenvalue weighted by atomic mass is 16.5.